The topological polar surface area (TPSA) is 51.3 Å². The van der Waals surface area contributed by atoms with E-state index in [1.165, 1.54) is 37.2 Å². The average Bonchev–Trinajstić information content (AvgIpc) is 3.52. The molecular formula is C26H32N6. The fourth-order valence-electron chi connectivity index (χ4n) is 4.97. The first-order valence-corrected chi connectivity index (χ1v) is 12.0. The number of aryl methyl sites for hydroxylation is 1. The molecule has 32 heavy (non-hydrogen) atoms. The minimum absolute atomic E-state index is 0.725. The number of aromatic nitrogens is 2. The number of piperazine rings is 1. The predicted octanol–water partition coefficient (Wildman–Crippen LogP) is 3.89. The third-order valence-corrected chi connectivity index (χ3v) is 7.01. The number of pyridine rings is 1. The van der Waals surface area contributed by atoms with Gasteiger partial charge in [0.1, 0.15) is 17.5 Å². The molecule has 0 atom stereocenters. The largest absolute Gasteiger partial charge is 0.368 e. The van der Waals surface area contributed by atoms with Gasteiger partial charge in [-0.2, -0.15) is 5.26 Å². The van der Waals surface area contributed by atoms with E-state index in [0.29, 0.717) is 0 Å². The van der Waals surface area contributed by atoms with Crippen molar-refractivity contribution in [2.75, 3.05) is 55.6 Å². The Kier molecular flexibility index (Phi) is 6.00. The van der Waals surface area contributed by atoms with Crippen molar-refractivity contribution in [2.24, 2.45) is 0 Å². The average molecular weight is 429 g/mol. The van der Waals surface area contributed by atoms with E-state index in [0.717, 1.165) is 68.1 Å². The summed E-state index contributed by atoms with van der Waals surface area (Å²) in [5, 5.41) is 10.7. The molecule has 0 radical (unpaired) electrons. The summed E-state index contributed by atoms with van der Waals surface area (Å²) in [5.41, 5.74) is 4.33. The lowest BCUT2D eigenvalue weighted by Gasteiger charge is -2.37. The van der Waals surface area contributed by atoms with E-state index in [1.807, 2.05) is 12.1 Å². The van der Waals surface area contributed by atoms with Crippen molar-refractivity contribution < 1.29 is 0 Å². The molecule has 166 valence electrons. The third-order valence-electron chi connectivity index (χ3n) is 7.01. The van der Waals surface area contributed by atoms with Crippen LogP contribution < -0.4 is 9.80 Å². The molecule has 6 heteroatoms. The summed E-state index contributed by atoms with van der Waals surface area (Å²) in [6.07, 6.45) is 5.78. The van der Waals surface area contributed by atoms with Gasteiger partial charge in [0.15, 0.2) is 0 Å². The van der Waals surface area contributed by atoms with Gasteiger partial charge in [0.2, 0.25) is 0 Å². The van der Waals surface area contributed by atoms with E-state index in [-0.39, 0.29) is 0 Å². The highest BCUT2D eigenvalue weighted by Crippen LogP contribution is 2.26. The molecule has 1 aromatic carbocycles. The number of rotatable bonds is 6. The van der Waals surface area contributed by atoms with Crippen LogP contribution in [-0.4, -0.2) is 60.3 Å². The van der Waals surface area contributed by atoms with Crippen LogP contribution in [0.2, 0.25) is 0 Å². The van der Waals surface area contributed by atoms with E-state index in [2.05, 4.69) is 62.7 Å². The number of hydrogen-bond acceptors (Lipinski definition) is 5. The van der Waals surface area contributed by atoms with Crippen molar-refractivity contribution in [1.29, 1.82) is 5.26 Å². The standard InChI is InChI=1S/C26H32N6/c1-2-21-5-7-23(8-6-21)30-15-17-31(18-16-30)25-19-22(20-27)24-9-12-32(26(24)28-25)14-13-29-10-3-4-11-29/h5-9,12,19H,2-4,10-11,13-18H2,1H3. The maximum absolute atomic E-state index is 9.78. The molecule has 5 rings (SSSR count). The molecule has 0 aliphatic carbocycles. The Morgan fingerprint density at radius 2 is 1.62 bits per heavy atom. The smallest absolute Gasteiger partial charge is 0.143 e. The third kappa shape index (κ3) is 4.18. The molecule has 4 heterocycles. The van der Waals surface area contributed by atoms with E-state index < -0.39 is 0 Å². The Hall–Kier alpha value is -3.04. The second-order valence-electron chi connectivity index (χ2n) is 8.93. The summed E-state index contributed by atoms with van der Waals surface area (Å²) >= 11 is 0. The summed E-state index contributed by atoms with van der Waals surface area (Å²) < 4.78 is 2.23. The van der Waals surface area contributed by atoms with Crippen LogP contribution in [0.15, 0.2) is 42.6 Å². The Morgan fingerprint density at radius 3 is 2.31 bits per heavy atom. The van der Waals surface area contributed by atoms with Crippen LogP contribution >= 0.6 is 0 Å². The molecule has 0 bridgehead atoms. The van der Waals surface area contributed by atoms with Gasteiger partial charge >= 0.3 is 0 Å². The lowest BCUT2D eigenvalue weighted by atomic mass is 10.1. The Balaban J connectivity index is 1.32. The van der Waals surface area contributed by atoms with Crippen molar-refractivity contribution in [3.05, 3.63) is 53.7 Å². The van der Waals surface area contributed by atoms with Gasteiger partial charge in [-0.05, 0) is 62.2 Å². The van der Waals surface area contributed by atoms with Crippen LogP contribution in [-0.2, 0) is 13.0 Å². The number of fused-ring (bicyclic) bond motifs is 1. The predicted molar refractivity (Wildman–Crippen MR) is 130 cm³/mol. The van der Waals surface area contributed by atoms with Gasteiger partial charge < -0.3 is 19.3 Å². The summed E-state index contributed by atoms with van der Waals surface area (Å²) in [5.74, 6) is 0.927. The first-order valence-electron chi connectivity index (χ1n) is 12.0. The molecule has 0 amide bonds. The maximum atomic E-state index is 9.78. The van der Waals surface area contributed by atoms with Crippen LogP contribution in [0.4, 0.5) is 11.5 Å². The molecule has 0 unspecified atom stereocenters. The van der Waals surface area contributed by atoms with Crippen molar-refractivity contribution in [3.63, 3.8) is 0 Å². The number of anilines is 2. The number of benzene rings is 1. The van der Waals surface area contributed by atoms with Gasteiger partial charge in [-0.3, -0.25) is 0 Å². The van der Waals surface area contributed by atoms with Crippen molar-refractivity contribution in [2.45, 2.75) is 32.7 Å². The molecule has 3 aromatic rings. The van der Waals surface area contributed by atoms with Crippen LogP contribution in [0.5, 0.6) is 0 Å². The molecule has 0 spiro atoms. The van der Waals surface area contributed by atoms with Crippen molar-refractivity contribution in [3.8, 4) is 6.07 Å². The Bertz CT molecular complexity index is 1100. The highest BCUT2D eigenvalue weighted by atomic mass is 15.3. The minimum atomic E-state index is 0.725. The lowest BCUT2D eigenvalue weighted by molar-refractivity contribution is 0.324. The van der Waals surface area contributed by atoms with Crippen LogP contribution in [0.1, 0.15) is 30.9 Å². The van der Waals surface area contributed by atoms with Crippen molar-refractivity contribution >= 4 is 22.5 Å². The molecule has 2 fully saturated rings. The number of hydrogen-bond donors (Lipinski definition) is 0. The minimum Gasteiger partial charge on any atom is -0.368 e. The SMILES string of the molecule is CCc1ccc(N2CCN(c3cc(C#N)c4ccn(CCN5CCCC5)c4n3)CC2)cc1. The molecule has 6 nitrogen and oxygen atoms in total. The molecular weight excluding hydrogens is 396 g/mol. The van der Waals surface area contributed by atoms with Gasteiger partial charge in [-0.1, -0.05) is 19.1 Å². The monoisotopic (exact) mass is 428 g/mol. The zero-order chi connectivity index (χ0) is 21.9. The Morgan fingerprint density at radius 1 is 0.906 bits per heavy atom. The van der Waals surface area contributed by atoms with Gasteiger partial charge in [0, 0.05) is 56.5 Å². The summed E-state index contributed by atoms with van der Waals surface area (Å²) in [7, 11) is 0. The summed E-state index contributed by atoms with van der Waals surface area (Å²) in [4.78, 5) is 12.3. The number of nitriles is 1. The van der Waals surface area contributed by atoms with Gasteiger partial charge in [0.25, 0.3) is 0 Å². The fraction of sp³-hybridized carbons (Fsp3) is 0.462. The maximum Gasteiger partial charge on any atom is 0.143 e. The Labute approximate surface area is 190 Å². The molecule has 0 N–H and O–H groups in total. The molecule has 2 saturated heterocycles. The lowest BCUT2D eigenvalue weighted by Crippen LogP contribution is -2.46. The van der Waals surface area contributed by atoms with E-state index in [4.69, 9.17) is 4.98 Å². The van der Waals surface area contributed by atoms with E-state index in [9.17, 15) is 5.26 Å². The highest BCUT2D eigenvalue weighted by Gasteiger charge is 2.21. The van der Waals surface area contributed by atoms with Gasteiger partial charge in [0.05, 0.1) is 5.56 Å². The van der Waals surface area contributed by atoms with Crippen molar-refractivity contribution in [1.82, 2.24) is 14.5 Å². The van der Waals surface area contributed by atoms with E-state index in [1.54, 1.807) is 0 Å². The zero-order valence-electron chi connectivity index (χ0n) is 19.0. The fourth-order valence-corrected chi connectivity index (χ4v) is 4.97. The van der Waals surface area contributed by atoms with Crippen LogP contribution in [0.3, 0.4) is 0 Å². The van der Waals surface area contributed by atoms with Gasteiger partial charge in [-0.15, -0.1) is 0 Å². The van der Waals surface area contributed by atoms with Crippen LogP contribution in [0.25, 0.3) is 11.0 Å². The first-order chi connectivity index (χ1) is 15.7. The number of nitrogens with zero attached hydrogens (tertiary/aromatic N) is 6. The second-order valence-corrected chi connectivity index (χ2v) is 8.93. The van der Waals surface area contributed by atoms with E-state index >= 15 is 0 Å². The first kappa shape index (κ1) is 20.8. The highest BCUT2D eigenvalue weighted by molar-refractivity contribution is 5.85. The molecule has 0 saturated carbocycles. The second kappa shape index (κ2) is 9.22. The zero-order valence-corrected chi connectivity index (χ0v) is 19.0. The normalized spacial score (nSPS) is 17.2. The van der Waals surface area contributed by atoms with Crippen LogP contribution in [0, 0.1) is 11.3 Å². The summed E-state index contributed by atoms with van der Waals surface area (Å²) in [6.45, 7) is 10.3. The molecule has 2 aromatic heterocycles. The quantitative estimate of drug-likeness (QED) is 0.596. The van der Waals surface area contributed by atoms with Gasteiger partial charge in [-0.25, -0.2) is 4.98 Å². The number of likely N-dealkylation sites (tertiary alicyclic amines) is 1. The summed E-state index contributed by atoms with van der Waals surface area (Å²) in [6, 6.07) is 15.4. The molecule has 2 aliphatic heterocycles. The molecule has 2 aliphatic rings.